The number of hydrogen-bond acceptors (Lipinski definition) is 26. The Hall–Kier alpha value is -6.73. The number of fused-ring (bicyclic) bond motifs is 9. The van der Waals surface area contributed by atoms with E-state index in [-0.39, 0.29) is 170 Å². The molecule has 0 aromatic rings. The van der Waals surface area contributed by atoms with Crippen molar-refractivity contribution in [1.82, 2.24) is 0 Å². The van der Waals surface area contributed by atoms with Crippen LogP contribution in [0.25, 0.3) is 0 Å². The number of hydrogen-bond donors (Lipinski definition) is 0. The third-order valence-electron chi connectivity index (χ3n) is 39.2. The highest BCUT2D eigenvalue weighted by atomic mass is 16.7. The highest BCUT2D eigenvalue weighted by Gasteiger charge is 2.68. The number of esters is 12. The first-order chi connectivity index (χ1) is 66.9. The van der Waals surface area contributed by atoms with E-state index in [0.29, 0.717) is 90.3 Å². The van der Waals surface area contributed by atoms with E-state index in [9.17, 15) is 62.3 Å². The van der Waals surface area contributed by atoms with Crippen molar-refractivity contribution < 1.29 is 124 Å². The van der Waals surface area contributed by atoms with Gasteiger partial charge < -0.3 is 61.6 Å². The fraction of sp³-hybridized carbons (Fsp3) is 0.888. The van der Waals surface area contributed by atoms with Crippen LogP contribution in [0.2, 0.25) is 0 Å². The molecular formula is C116H186O26. The quantitative estimate of drug-likeness (QED) is 0.0241. The standard InChI is InChI=1S/C29H40O6.C20H32O4.C19H30O4.C17H30O4.C16H28O4.C15H26O4/c1-3-14(2)27(31)35-23-10-18-9-22(23)25-20-7-17(24(18)25)8-21(20)28(32)33-13-34-29-11-15-4-16(12-29)6-19(5-15)26(29)30;1-5-19(2,3)18(22)23-7-6-17(21)24-20(4)15-9-13-8-14(11-15)12-16(20)10-13;1-5-18(2,3)17(21)22-11-16(20)23-19(4)14-7-12-6-13(9-14)10-15(19)8-12;1-5-16(3,4)15(19)20-13-10-14(18)21-17(6-2)11-8-7-9-12-17;1-5-15(3,4)14(18)19-12-13(17)20-16(6-2)10-8-7-9-11-16;1-5-14(3,4)13(17)18-11-12(16)19-15(6-2)9-7-8-10-15/h14-25H,3-13H2,1-2H3;13-16H,5-12H2,1-4H3;12-15H,5-11H2,1-4H3;5-13H2,1-4H3;5-12H2,1-4H3;5-11H2,1-4H3. The monoisotopic (exact) mass is 2000 g/mol. The van der Waals surface area contributed by atoms with Crippen LogP contribution in [0.15, 0.2) is 0 Å². The molecule has 11 unspecified atom stereocenters. The lowest BCUT2D eigenvalue weighted by molar-refractivity contribution is -0.210. The Bertz CT molecular complexity index is 4230. The van der Waals surface area contributed by atoms with Gasteiger partial charge in [-0.25, -0.2) is 14.4 Å². The van der Waals surface area contributed by atoms with Crippen LogP contribution in [0.4, 0.5) is 0 Å². The molecule has 806 valence electrons. The van der Waals surface area contributed by atoms with Gasteiger partial charge in [-0.2, -0.15) is 0 Å². The zero-order chi connectivity index (χ0) is 104. The molecular weight excluding hydrogens is 1810 g/mol. The number of ketones is 1. The lowest BCUT2D eigenvalue weighted by Crippen LogP contribution is -2.59. The maximum atomic E-state index is 13.2. The topological polar surface area (TPSA) is 342 Å². The van der Waals surface area contributed by atoms with Crippen molar-refractivity contribution >= 4 is 77.4 Å². The van der Waals surface area contributed by atoms with Gasteiger partial charge in [0.25, 0.3) is 0 Å². The Morgan fingerprint density at radius 2 is 0.676 bits per heavy atom. The maximum Gasteiger partial charge on any atom is 0.344 e. The normalized spacial score (nSPS) is 32.8. The lowest BCUT2D eigenvalue weighted by Gasteiger charge is -2.59. The fourth-order valence-corrected chi connectivity index (χ4v) is 28.1. The number of carbonyl (C=O) groups is 13. The summed E-state index contributed by atoms with van der Waals surface area (Å²) in [5.74, 6) is 6.76. The van der Waals surface area contributed by atoms with Crippen LogP contribution < -0.4 is 0 Å². The van der Waals surface area contributed by atoms with Crippen molar-refractivity contribution in [2.75, 3.05) is 39.8 Å². The predicted octanol–water partition coefficient (Wildman–Crippen LogP) is 23.2. The molecule has 16 bridgehead atoms. The Labute approximate surface area is 850 Å². The van der Waals surface area contributed by atoms with Crippen molar-refractivity contribution in [3.63, 3.8) is 0 Å². The highest BCUT2D eigenvalue weighted by Crippen LogP contribution is 2.70. The number of Topliss-reactive ketones (excluding diaryl/α,β-unsaturated/α-hetero) is 1. The Kier molecular flexibility index (Phi) is 39.6. The molecule has 19 fully saturated rings. The Morgan fingerprint density at radius 3 is 1.04 bits per heavy atom. The SMILES string of the molecule is CCC(C)(C)C(=O)OCC(=O)OC1(C)C2CC3CC(C2)CC1C3.CCC(C)(C)C(=O)OCCC(=O)OC1(C)C2CC3CC(C2)CC1C3.CCC(C)C(=O)OC1CC2CC1C1C3CC(CC3C(=O)OCOC34CC5CC(CC(C5)C3=O)C4)C21.CCC1(OC(=O)CCOC(=O)C(C)(C)CC)CCCCC1.CCC1(OC(=O)COC(=O)C(C)(C)CC)CCCC1.CCC1(OC(=O)COC(=O)C(C)(C)CC)CCCCC1. The second-order valence-corrected chi connectivity index (χ2v) is 50.4. The van der Waals surface area contributed by atoms with Crippen LogP contribution in [-0.2, 0) is 124 Å². The summed E-state index contributed by atoms with van der Waals surface area (Å²) in [4.78, 5) is 158. The highest BCUT2D eigenvalue weighted by molar-refractivity contribution is 5.91. The van der Waals surface area contributed by atoms with Gasteiger partial charge in [0.05, 0.1) is 51.8 Å². The van der Waals surface area contributed by atoms with Crippen LogP contribution in [0.1, 0.15) is 435 Å². The van der Waals surface area contributed by atoms with E-state index in [1.54, 1.807) is 0 Å². The molecule has 19 rings (SSSR count). The average molecular weight is 2000 g/mol. The second-order valence-electron chi connectivity index (χ2n) is 50.4. The third kappa shape index (κ3) is 27.9. The van der Waals surface area contributed by atoms with Gasteiger partial charge in [-0.05, 0) is 435 Å². The molecule has 19 aliphatic carbocycles. The summed E-state index contributed by atoms with van der Waals surface area (Å²) in [5, 5.41) is 0. The van der Waals surface area contributed by atoms with Crippen molar-refractivity contribution in [2.24, 2.45) is 140 Å². The molecule has 0 aliphatic heterocycles. The first kappa shape index (κ1) is 116. The van der Waals surface area contributed by atoms with E-state index in [1.165, 1.54) is 83.5 Å². The van der Waals surface area contributed by atoms with E-state index < -0.39 is 44.6 Å². The smallest absolute Gasteiger partial charge is 0.344 e. The predicted molar refractivity (Wildman–Crippen MR) is 535 cm³/mol. The Balaban J connectivity index is 0.000000165. The van der Waals surface area contributed by atoms with E-state index in [1.807, 2.05) is 132 Å². The molecule has 19 aliphatic rings. The first-order valence-corrected chi connectivity index (χ1v) is 56.4. The third-order valence-corrected chi connectivity index (χ3v) is 39.2. The fourth-order valence-electron chi connectivity index (χ4n) is 28.1. The van der Waals surface area contributed by atoms with E-state index >= 15 is 0 Å². The molecule has 0 radical (unpaired) electrons. The first-order valence-electron chi connectivity index (χ1n) is 56.4. The van der Waals surface area contributed by atoms with Gasteiger partial charge in [0.15, 0.2) is 32.4 Å². The molecule has 26 nitrogen and oxygen atoms in total. The number of ether oxygens (including phenoxy) is 13. The summed E-state index contributed by atoms with van der Waals surface area (Å²) < 4.78 is 72.3. The van der Waals surface area contributed by atoms with E-state index in [4.69, 9.17) is 61.6 Å². The van der Waals surface area contributed by atoms with Gasteiger partial charge in [0.2, 0.25) is 0 Å². The van der Waals surface area contributed by atoms with Crippen LogP contribution >= 0.6 is 0 Å². The second kappa shape index (κ2) is 48.7. The van der Waals surface area contributed by atoms with Crippen molar-refractivity contribution in [3.8, 4) is 0 Å². The summed E-state index contributed by atoms with van der Waals surface area (Å²) in [7, 11) is 0. The largest absolute Gasteiger partial charge is 0.465 e. The van der Waals surface area contributed by atoms with Gasteiger partial charge in [0.1, 0.15) is 52.9 Å². The van der Waals surface area contributed by atoms with Gasteiger partial charge in [-0.15, -0.1) is 0 Å². The van der Waals surface area contributed by atoms with Crippen molar-refractivity contribution in [1.29, 1.82) is 0 Å². The zero-order valence-corrected chi connectivity index (χ0v) is 91.5. The van der Waals surface area contributed by atoms with E-state index in [0.717, 1.165) is 191 Å². The zero-order valence-electron chi connectivity index (χ0n) is 91.5. The van der Waals surface area contributed by atoms with Gasteiger partial charge >= 0.3 is 71.6 Å². The molecule has 0 aromatic carbocycles. The molecule has 0 heterocycles. The minimum atomic E-state index is -0.688. The minimum Gasteiger partial charge on any atom is -0.465 e. The minimum absolute atomic E-state index is 0.0317. The summed E-state index contributed by atoms with van der Waals surface area (Å²) in [6, 6.07) is 0. The number of carbonyl (C=O) groups excluding carboxylic acids is 13. The van der Waals surface area contributed by atoms with E-state index in [2.05, 4.69) is 20.8 Å². The lowest BCUT2D eigenvalue weighted by atomic mass is 9.50. The summed E-state index contributed by atoms with van der Waals surface area (Å²) >= 11 is 0. The van der Waals surface area contributed by atoms with Gasteiger partial charge in [0, 0.05) is 5.92 Å². The molecule has 0 spiro atoms. The summed E-state index contributed by atoms with van der Waals surface area (Å²) in [6.45, 7) is 41.8. The number of rotatable bonds is 37. The van der Waals surface area contributed by atoms with Gasteiger partial charge in [-0.3, -0.25) is 47.9 Å². The van der Waals surface area contributed by atoms with Crippen LogP contribution in [0.5, 0.6) is 0 Å². The molecule has 26 heteroatoms. The molecule has 142 heavy (non-hydrogen) atoms. The maximum absolute atomic E-state index is 13.2. The average Bonchev–Trinajstić information content (AvgIpc) is 1.55. The van der Waals surface area contributed by atoms with Crippen LogP contribution in [0, 0.1) is 140 Å². The molecule has 0 aromatic heterocycles. The van der Waals surface area contributed by atoms with Gasteiger partial charge in [-0.1, -0.05) is 82.1 Å². The Morgan fingerprint density at radius 1 is 0.352 bits per heavy atom. The van der Waals surface area contributed by atoms with Crippen LogP contribution in [0.3, 0.4) is 0 Å². The molecule has 19 saturated carbocycles. The molecule has 0 N–H and O–H groups in total. The molecule has 0 saturated heterocycles. The summed E-state index contributed by atoms with van der Waals surface area (Å²) in [5.41, 5.74) is -4.87. The van der Waals surface area contributed by atoms with Crippen LogP contribution in [-0.4, -0.2) is 157 Å². The summed E-state index contributed by atoms with van der Waals surface area (Å²) in [6.07, 6.45) is 43.4. The van der Waals surface area contributed by atoms with Crippen molar-refractivity contribution in [3.05, 3.63) is 0 Å². The molecule has 11 atom stereocenters. The molecule has 0 amide bonds. The van der Waals surface area contributed by atoms with Crippen molar-refractivity contribution in [2.45, 2.75) is 475 Å².